The van der Waals surface area contributed by atoms with E-state index in [-0.39, 0.29) is 0 Å². The van der Waals surface area contributed by atoms with Crippen molar-refractivity contribution in [1.29, 1.82) is 0 Å². The van der Waals surface area contributed by atoms with Crippen molar-refractivity contribution < 1.29 is 0 Å². The molecule has 0 aromatic rings. The molecule has 1 heterocycles. The summed E-state index contributed by atoms with van der Waals surface area (Å²) < 4.78 is 0. The molecule has 0 amide bonds. The van der Waals surface area contributed by atoms with E-state index in [1.807, 2.05) is 0 Å². The van der Waals surface area contributed by atoms with Crippen molar-refractivity contribution in [2.45, 2.75) is 26.2 Å². The summed E-state index contributed by atoms with van der Waals surface area (Å²) in [7, 11) is 2.12. The number of nitrogens with zero attached hydrogens (tertiary/aromatic N) is 2. The average Bonchev–Trinajstić information content (AvgIpc) is 1.92. The van der Waals surface area contributed by atoms with Crippen LogP contribution in [0.2, 0.25) is 0 Å². The van der Waals surface area contributed by atoms with Crippen LogP contribution < -0.4 is 0 Å². The van der Waals surface area contributed by atoms with Crippen molar-refractivity contribution in [3.63, 3.8) is 0 Å². The van der Waals surface area contributed by atoms with Gasteiger partial charge in [-0.05, 0) is 26.2 Å². The van der Waals surface area contributed by atoms with Gasteiger partial charge in [0, 0.05) is 20.1 Å². The van der Waals surface area contributed by atoms with E-state index in [0.717, 1.165) is 6.54 Å². The molecule has 1 rings (SSSR count). The maximum Gasteiger partial charge on any atom is 0.0954 e. The van der Waals surface area contributed by atoms with Crippen LogP contribution in [-0.4, -0.2) is 30.9 Å². The van der Waals surface area contributed by atoms with E-state index in [2.05, 4.69) is 23.9 Å². The molecular weight excluding hydrogens is 124 g/mol. The van der Waals surface area contributed by atoms with Crippen molar-refractivity contribution in [3.05, 3.63) is 0 Å². The lowest BCUT2D eigenvalue weighted by Crippen LogP contribution is -2.26. The third-order valence-electron chi connectivity index (χ3n) is 2.04. The normalized spacial score (nSPS) is 26.6. The predicted octanol–water partition coefficient (Wildman–Crippen LogP) is 1.52. The first-order valence-electron chi connectivity index (χ1n) is 4.03. The van der Waals surface area contributed by atoms with Gasteiger partial charge in [-0.3, -0.25) is 4.99 Å². The molecule has 0 aliphatic carbocycles. The highest BCUT2D eigenvalue weighted by Gasteiger charge is 2.02. The highest BCUT2D eigenvalue weighted by atomic mass is 15.2. The maximum absolute atomic E-state index is 4.41. The van der Waals surface area contributed by atoms with Crippen molar-refractivity contribution >= 4 is 5.84 Å². The van der Waals surface area contributed by atoms with Crippen molar-refractivity contribution in [2.24, 2.45) is 4.99 Å². The molecule has 0 bridgehead atoms. The minimum absolute atomic E-state index is 1.02. The summed E-state index contributed by atoms with van der Waals surface area (Å²) in [5.74, 6) is 1.19. The molecule has 0 saturated heterocycles. The highest BCUT2D eigenvalue weighted by molar-refractivity contribution is 5.79. The summed E-state index contributed by atoms with van der Waals surface area (Å²) in [4.78, 5) is 6.64. The summed E-state index contributed by atoms with van der Waals surface area (Å²) in [6.07, 6.45) is 3.93. The molecule has 1 aliphatic rings. The lowest BCUT2D eigenvalue weighted by Gasteiger charge is -2.20. The molecule has 0 spiro atoms. The zero-order valence-electron chi connectivity index (χ0n) is 6.93. The Bertz CT molecular complexity index is 129. The van der Waals surface area contributed by atoms with Gasteiger partial charge in [0.1, 0.15) is 0 Å². The second kappa shape index (κ2) is 3.59. The molecule has 10 heavy (non-hydrogen) atoms. The Hall–Kier alpha value is -0.530. The van der Waals surface area contributed by atoms with Crippen LogP contribution >= 0.6 is 0 Å². The van der Waals surface area contributed by atoms with Crippen LogP contribution in [0.25, 0.3) is 0 Å². The minimum Gasteiger partial charge on any atom is -0.364 e. The smallest absolute Gasteiger partial charge is 0.0954 e. The van der Waals surface area contributed by atoms with E-state index in [1.54, 1.807) is 0 Å². The summed E-state index contributed by atoms with van der Waals surface area (Å²) in [5, 5.41) is 0. The Balaban J connectivity index is 2.48. The Morgan fingerprint density at radius 1 is 1.30 bits per heavy atom. The van der Waals surface area contributed by atoms with E-state index in [9.17, 15) is 0 Å². The zero-order chi connectivity index (χ0) is 7.40. The van der Waals surface area contributed by atoms with Crippen molar-refractivity contribution in [1.82, 2.24) is 4.90 Å². The van der Waals surface area contributed by atoms with E-state index in [0.29, 0.717) is 0 Å². The van der Waals surface area contributed by atoms with Gasteiger partial charge in [-0.2, -0.15) is 0 Å². The Kier molecular flexibility index (Phi) is 2.72. The topological polar surface area (TPSA) is 15.6 Å². The highest BCUT2D eigenvalue weighted by Crippen LogP contribution is 2.02. The van der Waals surface area contributed by atoms with Crippen LogP contribution in [0.5, 0.6) is 0 Å². The van der Waals surface area contributed by atoms with Gasteiger partial charge < -0.3 is 4.90 Å². The molecule has 2 nitrogen and oxygen atoms in total. The Morgan fingerprint density at radius 2 is 2.10 bits per heavy atom. The lowest BCUT2D eigenvalue weighted by atomic mass is 10.2. The van der Waals surface area contributed by atoms with Gasteiger partial charge in [-0.1, -0.05) is 0 Å². The fourth-order valence-electron chi connectivity index (χ4n) is 1.16. The first-order chi connectivity index (χ1) is 4.80. The van der Waals surface area contributed by atoms with Crippen molar-refractivity contribution in [3.8, 4) is 0 Å². The third kappa shape index (κ3) is 2.01. The second-order valence-electron chi connectivity index (χ2n) is 2.91. The first-order valence-corrected chi connectivity index (χ1v) is 4.03. The van der Waals surface area contributed by atoms with Gasteiger partial charge in [0.15, 0.2) is 0 Å². The molecule has 0 N–H and O–H groups in total. The van der Waals surface area contributed by atoms with E-state index in [4.69, 9.17) is 0 Å². The SMILES string of the molecule is C/C1=N/CCCCCN1C. The van der Waals surface area contributed by atoms with Gasteiger partial charge in [0.25, 0.3) is 0 Å². The molecule has 1 aliphatic heterocycles. The third-order valence-corrected chi connectivity index (χ3v) is 2.04. The van der Waals surface area contributed by atoms with Gasteiger partial charge >= 0.3 is 0 Å². The Labute approximate surface area is 62.9 Å². The molecule has 0 fully saturated rings. The number of hydrogen-bond donors (Lipinski definition) is 0. The predicted molar refractivity (Wildman–Crippen MR) is 44.5 cm³/mol. The number of amidine groups is 1. The molecule has 0 atom stereocenters. The average molecular weight is 140 g/mol. The molecule has 0 aromatic heterocycles. The molecule has 0 radical (unpaired) electrons. The van der Waals surface area contributed by atoms with E-state index >= 15 is 0 Å². The van der Waals surface area contributed by atoms with Crippen LogP contribution in [0.15, 0.2) is 4.99 Å². The summed E-state index contributed by atoms with van der Waals surface area (Å²) in [5.41, 5.74) is 0. The summed E-state index contributed by atoms with van der Waals surface area (Å²) >= 11 is 0. The first kappa shape index (κ1) is 7.58. The fraction of sp³-hybridized carbons (Fsp3) is 0.875. The van der Waals surface area contributed by atoms with Crippen LogP contribution in [0.3, 0.4) is 0 Å². The van der Waals surface area contributed by atoms with Gasteiger partial charge in [0.2, 0.25) is 0 Å². The maximum atomic E-state index is 4.41. The molecule has 0 aromatic carbocycles. The number of aliphatic imine (C=N–C) groups is 1. The largest absolute Gasteiger partial charge is 0.364 e. The van der Waals surface area contributed by atoms with Crippen LogP contribution in [0.4, 0.5) is 0 Å². The molecule has 58 valence electrons. The van der Waals surface area contributed by atoms with Crippen LogP contribution in [-0.2, 0) is 0 Å². The molecule has 2 heteroatoms. The van der Waals surface area contributed by atoms with Crippen LogP contribution in [0.1, 0.15) is 26.2 Å². The van der Waals surface area contributed by atoms with Crippen LogP contribution in [0, 0.1) is 0 Å². The monoisotopic (exact) mass is 140 g/mol. The fourth-order valence-corrected chi connectivity index (χ4v) is 1.16. The minimum atomic E-state index is 1.02. The van der Waals surface area contributed by atoms with Gasteiger partial charge in [-0.25, -0.2) is 0 Å². The van der Waals surface area contributed by atoms with Gasteiger partial charge in [-0.15, -0.1) is 0 Å². The summed E-state index contributed by atoms with van der Waals surface area (Å²) in [6, 6.07) is 0. The molecule has 0 unspecified atom stereocenters. The lowest BCUT2D eigenvalue weighted by molar-refractivity contribution is 0.457. The standard InChI is InChI=1S/C8H16N2/c1-8-9-6-4-3-5-7-10(8)2/h3-7H2,1-2H3/b9-8-. The van der Waals surface area contributed by atoms with E-state index < -0.39 is 0 Å². The molecule has 0 saturated carbocycles. The quantitative estimate of drug-likeness (QED) is 0.498. The molecular formula is C8H16N2. The zero-order valence-corrected chi connectivity index (χ0v) is 6.93. The number of rotatable bonds is 0. The summed E-state index contributed by atoms with van der Waals surface area (Å²) in [6.45, 7) is 4.29. The second-order valence-corrected chi connectivity index (χ2v) is 2.91. The number of hydrogen-bond acceptors (Lipinski definition) is 2. The Morgan fingerprint density at radius 3 is 2.90 bits per heavy atom. The van der Waals surface area contributed by atoms with Crippen molar-refractivity contribution in [2.75, 3.05) is 20.1 Å². The van der Waals surface area contributed by atoms with E-state index in [1.165, 1.54) is 31.6 Å². The van der Waals surface area contributed by atoms with Gasteiger partial charge in [0.05, 0.1) is 5.84 Å².